The van der Waals surface area contributed by atoms with Crippen LogP contribution in [0.1, 0.15) is 24.4 Å². The van der Waals surface area contributed by atoms with Gasteiger partial charge in [0.25, 0.3) is 0 Å². The third kappa shape index (κ3) is 2.76. The highest BCUT2D eigenvalue weighted by molar-refractivity contribution is 6.31. The molecular weight excluding hydrogens is 328 g/mol. The summed E-state index contributed by atoms with van der Waals surface area (Å²) >= 11 is 6.31. The first-order valence-electron chi connectivity index (χ1n) is 7.94. The van der Waals surface area contributed by atoms with Gasteiger partial charge in [-0.3, -0.25) is 0 Å². The summed E-state index contributed by atoms with van der Waals surface area (Å²) in [5.41, 5.74) is 1.69. The SMILES string of the molecule is O=C(Nc1ccc2c(c1)OCO2)N1CCC[C@H]1c1ccccc1Cl. The molecule has 2 aromatic carbocycles. The first kappa shape index (κ1) is 15.1. The molecule has 0 radical (unpaired) electrons. The van der Waals surface area contributed by atoms with Crippen molar-refractivity contribution in [1.82, 2.24) is 4.90 Å². The van der Waals surface area contributed by atoms with E-state index in [0.29, 0.717) is 28.8 Å². The summed E-state index contributed by atoms with van der Waals surface area (Å²) in [5, 5.41) is 3.64. The number of nitrogens with zero attached hydrogens (tertiary/aromatic N) is 1. The van der Waals surface area contributed by atoms with Crippen LogP contribution in [0.25, 0.3) is 0 Å². The van der Waals surface area contributed by atoms with Crippen LogP contribution < -0.4 is 14.8 Å². The number of nitrogens with one attached hydrogen (secondary N) is 1. The molecule has 0 aromatic heterocycles. The summed E-state index contributed by atoms with van der Waals surface area (Å²) in [6.07, 6.45) is 1.88. The van der Waals surface area contributed by atoms with Crippen molar-refractivity contribution in [1.29, 1.82) is 0 Å². The molecule has 0 unspecified atom stereocenters. The summed E-state index contributed by atoms with van der Waals surface area (Å²) < 4.78 is 10.6. The van der Waals surface area contributed by atoms with Crippen LogP contribution in [0, 0.1) is 0 Å². The van der Waals surface area contributed by atoms with Gasteiger partial charge in [-0.1, -0.05) is 29.8 Å². The molecule has 0 spiro atoms. The van der Waals surface area contributed by atoms with Gasteiger partial charge in [0.2, 0.25) is 6.79 Å². The van der Waals surface area contributed by atoms with E-state index < -0.39 is 0 Å². The third-order valence-corrected chi connectivity index (χ3v) is 4.75. The van der Waals surface area contributed by atoms with Gasteiger partial charge in [-0.2, -0.15) is 0 Å². The van der Waals surface area contributed by atoms with Crippen LogP contribution in [0.3, 0.4) is 0 Å². The van der Waals surface area contributed by atoms with Gasteiger partial charge >= 0.3 is 6.03 Å². The standard InChI is InChI=1S/C18H17ClN2O3/c19-14-5-2-1-4-13(14)15-6-3-9-21(15)18(22)20-12-7-8-16-17(10-12)24-11-23-16/h1-2,4-5,7-8,10,15H,3,6,9,11H2,(H,20,22)/t15-/m0/s1. The third-order valence-electron chi connectivity index (χ3n) is 4.40. The lowest BCUT2D eigenvalue weighted by Crippen LogP contribution is -2.34. The average molecular weight is 345 g/mol. The summed E-state index contributed by atoms with van der Waals surface area (Å²) in [5.74, 6) is 1.35. The zero-order valence-electron chi connectivity index (χ0n) is 13.0. The van der Waals surface area contributed by atoms with Gasteiger partial charge in [-0.05, 0) is 36.6 Å². The Hall–Kier alpha value is -2.40. The summed E-state index contributed by atoms with van der Waals surface area (Å²) in [6, 6.07) is 13.0. The van der Waals surface area contributed by atoms with E-state index in [2.05, 4.69) is 5.32 Å². The van der Waals surface area contributed by atoms with Crippen molar-refractivity contribution in [2.24, 2.45) is 0 Å². The number of carbonyl (C=O) groups excluding carboxylic acids is 1. The highest BCUT2D eigenvalue weighted by Crippen LogP contribution is 2.37. The van der Waals surface area contributed by atoms with Gasteiger partial charge in [0.1, 0.15) is 0 Å². The van der Waals surface area contributed by atoms with Crippen molar-refractivity contribution in [3.63, 3.8) is 0 Å². The van der Waals surface area contributed by atoms with Crippen LogP contribution in [0.5, 0.6) is 11.5 Å². The molecule has 124 valence electrons. The quantitative estimate of drug-likeness (QED) is 0.876. The number of likely N-dealkylation sites (tertiary alicyclic amines) is 1. The van der Waals surface area contributed by atoms with Gasteiger partial charge in [-0.25, -0.2) is 4.79 Å². The lowest BCUT2D eigenvalue weighted by Gasteiger charge is -2.26. The minimum Gasteiger partial charge on any atom is -0.454 e. The van der Waals surface area contributed by atoms with Gasteiger partial charge in [0.05, 0.1) is 6.04 Å². The molecule has 2 aromatic rings. The number of ether oxygens (including phenoxy) is 2. The summed E-state index contributed by atoms with van der Waals surface area (Å²) in [6.45, 7) is 0.930. The molecule has 2 amide bonds. The molecule has 0 aliphatic carbocycles. The largest absolute Gasteiger partial charge is 0.454 e. The Labute approximate surface area is 145 Å². The van der Waals surface area contributed by atoms with Crippen LogP contribution in [-0.4, -0.2) is 24.3 Å². The van der Waals surface area contributed by atoms with E-state index in [1.54, 1.807) is 12.1 Å². The van der Waals surface area contributed by atoms with Crippen molar-refractivity contribution >= 4 is 23.3 Å². The second kappa shape index (κ2) is 6.24. The highest BCUT2D eigenvalue weighted by atomic mass is 35.5. The number of amides is 2. The second-order valence-electron chi connectivity index (χ2n) is 5.87. The van der Waals surface area contributed by atoms with Crippen LogP contribution in [0.15, 0.2) is 42.5 Å². The number of halogens is 1. The molecule has 5 nitrogen and oxygen atoms in total. The van der Waals surface area contributed by atoms with E-state index in [-0.39, 0.29) is 18.9 Å². The van der Waals surface area contributed by atoms with Crippen LogP contribution in [0.2, 0.25) is 5.02 Å². The molecule has 4 rings (SSSR count). The number of hydrogen-bond acceptors (Lipinski definition) is 3. The number of hydrogen-bond donors (Lipinski definition) is 1. The van der Waals surface area contributed by atoms with Gasteiger partial charge in [0, 0.05) is 23.3 Å². The maximum absolute atomic E-state index is 12.7. The maximum atomic E-state index is 12.7. The number of rotatable bonds is 2. The normalized spacial score (nSPS) is 18.7. The number of carbonyl (C=O) groups is 1. The van der Waals surface area contributed by atoms with Crippen molar-refractivity contribution in [2.45, 2.75) is 18.9 Å². The van der Waals surface area contributed by atoms with E-state index in [1.807, 2.05) is 35.2 Å². The van der Waals surface area contributed by atoms with E-state index in [0.717, 1.165) is 18.4 Å². The molecule has 2 aliphatic rings. The monoisotopic (exact) mass is 344 g/mol. The van der Waals surface area contributed by atoms with Crippen LogP contribution in [-0.2, 0) is 0 Å². The van der Waals surface area contributed by atoms with E-state index in [1.165, 1.54) is 0 Å². The topological polar surface area (TPSA) is 50.8 Å². The molecule has 1 atom stereocenters. The second-order valence-corrected chi connectivity index (χ2v) is 6.28. The smallest absolute Gasteiger partial charge is 0.322 e. The molecule has 0 saturated carbocycles. The average Bonchev–Trinajstić information content (AvgIpc) is 3.24. The fraction of sp³-hybridized carbons (Fsp3) is 0.278. The van der Waals surface area contributed by atoms with Crippen molar-refractivity contribution in [3.05, 3.63) is 53.1 Å². The minimum atomic E-state index is -0.128. The Bertz CT molecular complexity index is 781. The van der Waals surface area contributed by atoms with Crippen LogP contribution in [0.4, 0.5) is 10.5 Å². The zero-order valence-corrected chi connectivity index (χ0v) is 13.8. The summed E-state index contributed by atoms with van der Waals surface area (Å²) in [4.78, 5) is 14.5. The first-order valence-corrected chi connectivity index (χ1v) is 8.32. The Morgan fingerprint density at radius 2 is 2.00 bits per heavy atom. The van der Waals surface area contributed by atoms with E-state index >= 15 is 0 Å². The highest BCUT2D eigenvalue weighted by Gasteiger charge is 2.31. The number of urea groups is 1. The van der Waals surface area contributed by atoms with Gasteiger partial charge < -0.3 is 19.7 Å². The maximum Gasteiger partial charge on any atom is 0.322 e. The van der Waals surface area contributed by atoms with E-state index in [9.17, 15) is 4.79 Å². The molecule has 1 fully saturated rings. The number of anilines is 1. The fourth-order valence-electron chi connectivity index (χ4n) is 3.25. The van der Waals surface area contributed by atoms with E-state index in [4.69, 9.17) is 21.1 Å². The summed E-state index contributed by atoms with van der Waals surface area (Å²) in [7, 11) is 0. The van der Waals surface area contributed by atoms with Crippen molar-refractivity contribution < 1.29 is 14.3 Å². The Balaban J connectivity index is 1.52. The van der Waals surface area contributed by atoms with Crippen molar-refractivity contribution in [2.75, 3.05) is 18.7 Å². The Morgan fingerprint density at radius 3 is 2.88 bits per heavy atom. The zero-order chi connectivity index (χ0) is 16.5. The molecule has 2 aliphatic heterocycles. The predicted octanol–water partition coefficient (Wildman–Crippen LogP) is 4.44. The van der Waals surface area contributed by atoms with Crippen molar-refractivity contribution in [3.8, 4) is 11.5 Å². The molecule has 6 heteroatoms. The molecule has 1 N–H and O–H groups in total. The van der Waals surface area contributed by atoms with Gasteiger partial charge in [0.15, 0.2) is 11.5 Å². The van der Waals surface area contributed by atoms with Crippen LogP contribution >= 0.6 is 11.6 Å². The molecule has 1 saturated heterocycles. The first-order chi connectivity index (χ1) is 11.7. The molecular formula is C18H17ClN2O3. The fourth-order valence-corrected chi connectivity index (χ4v) is 3.51. The Kier molecular flexibility index (Phi) is 3.94. The molecule has 0 bridgehead atoms. The number of fused-ring (bicyclic) bond motifs is 1. The molecule has 2 heterocycles. The Morgan fingerprint density at radius 1 is 1.17 bits per heavy atom. The molecule has 24 heavy (non-hydrogen) atoms. The number of benzene rings is 2. The lowest BCUT2D eigenvalue weighted by atomic mass is 10.0. The lowest BCUT2D eigenvalue weighted by molar-refractivity contribution is 0.174. The minimum absolute atomic E-state index is 0.00714. The predicted molar refractivity (Wildman–Crippen MR) is 91.7 cm³/mol. The van der Waals surface area contributed by atoms with Gasteiger partial charge in [-0.15, -0.1) is 0 Å².